The van der Waals surface area contributed by atoms with Crippen LogP contribution in [0.2, 0.25) is 0 Å². The normalized spacial score (nSPS) is 8.60. The molecule has 0 amide bonds. The van der Waals surface area contributed by atoms with Crippen LogP contribution in [-0.2, 0) is 0 Å². The first-order valence-corrected chi connectivity index (χ1v) is 5.02. The van der Waals surface area contributed by atoms with Gasteiger partial charge in [0, 0.05) is 0 Å². The molecular weight excluding hydrogens is 180 g/mol. The summed E-state index contributed by atoms with van der Waals surface area (Å²) in [6.45, 7) is 5.77. The summed E-state index contributed by atoms with van der Waals surface area (Å²) in [5, 5.41) is 0. The summed E-state index contributed by atoms with van der Waals surface area (Å²) in [7, 11) is 0. The third kappa shape index (κ3) is 4.28. The van der Waals surface area contributed by atoms with E-state index in [2.05, 4.69) is 25.6 Å². The molecule has 0 atom stereocenters. The molecule has 2 rings (SSSR count). The van der Waals surface area contributed by atoms with Crippen LogP contribution in [0.15, 0.2) is 67.2 Å². The minimum Gasteiger partial charge on any atom is -0.0985 e. The van der Waals surface area contributed by atoms with Crippen molar-refractivity contribution in [3.63, 3.8) is 0 Å². The number of hydrogen-bond acceptors (Lipinski definition) is 0. The second-order valence-electron chi connectivity index (χ2n) is 3.22. The second-order valence-corrected chi connectivity index (χ2v) is 3.22. The van der Waals surface area contributed by atoms with E-state index in [1.807, 2.05) is 54.6 Å². The summed E-state index contributed by atoms with van der Waals surface area (Å²) in [5.41, 5.74) is 2.50. The summed E-state index contributed by atoms with van der Waals surface area (Å²) in [5.74, 6) is 0. The van der Waals surface area contributed by atoms with Crippen LogP contribution in [0.1, 0.15) is 11.1 Å². The zero-order valence-electron chi connectivity index (χ0n) is 9.06. The van der Waals surface area contributed by atoms with Gasteiger partial charge in [-0.2, -0.15) is 0 Å². The molecule has 2 aromatic carbocycles. The first-order chi connectivity index (χ1) is 7.34. The van der Waals surface area contributed by atoms with E-state index in [1.54, 1.807) is 0 Å². The summed E-state index contributed by atoms with van der Waals surface area (Å²) in [6.07, 6.45) is 1.87. The maximum atomic E-state index is 3.69. The smallest absolute Gasteiger partial charge is 0.0233 e. The summed E-state index contributed by atoms with van der Waals surface area (Å²) in [6, 6.07) is 20.2. The molecule has 15 heavy (non-hydrogen) atoms. The van der Waals surface area contributed by atoms with Crippen molar-refractivity contribution in [2.24, 2.45) is 0 Å². The van der Waals surface area contributed by atoms with Gasteiger partial charge in [0.25, 0.3) is 0 Å². The zero-order valence-corrected chi connectivity index (χ0v) is 9.06. The Morgan fingerprint density at radius 2 is 1.27 bits per heavy atom. The van der Waals surface area contributed by atoms with Crippen LogP contribution in [0.4, 0.5) is 0 Å². The summed E-state index contributed by atoms with van der Waals surface area (Å²) < 4.78 is 0. The van der Waals surface area contributed by atoms with Crippen LogP contribution < -0.4 is 0 Å². The second kappa shape index (κ2) is 6.61. The van der Waals surface area contributed by atoms with Crippen molar-refractivity contribution in [1.82, 2.24) is 0 Å². The molecule has 0 N–H and O–H groups in total. The lowest BCUT2D eigenvalue weighted by Crippen LogP contribution is -1.75. The van der Waals surface area contributed by atoms with Crippen LogP contribution in [0.25, 0.3) is 6.08 Å². The van der Waals surface area contributed by atoms with E-state index >= 15 is 0 Å². The van der Waals surface area contributed by atoms with Gasteiger partial charge in [-0.25, -0.2) is 0 Å². The van der Waals surface area contributed by atoms with Crippen LogP contribution >= 0.6 is 0 Å². The maximum Gasteiger partial charge on any atom is -0.0233 e. The van der Waals surface area contributed by atoms with Gasteiger partial charge in [0.2, 0.25) is 0 Å². The van der Waals surface area contributed by atoms with Crippen LogP contribution in [0.5, 0.6) is 0 Å². The fourth-order valence-corrected chi connectivity index (χ4v) is 1.20. The molecule has 0 saturated heterocycles. The van der Waals surface area contributed by atoms with E-state index in [0.29, 0.717) is 0 Å². The molecule has 0 aliphatic carbocycles. The van der Waals surface area contributed by atoms with Gasteiger partial charge in [0.15, 0.2) is 0 Å². The lowest BCUT2D eigenvalue weighted by Gasteiger charge is -1.95. The van der Waals surface area contributed by atoms with Crippen LogP contribution in [0, 0.1) is 6.92 Å². The van der Waals surface area contributed by atoms with Gasteiger partial charge in [0.05, 0.1) is 0 Å². The molecule has 0 aromatic heterocycles. The van der Waals surface area contributed by atoms with Crippen molar-refractivity contribution in [2.45, 2.75) is 6.92 Å². The predicted octanol–water partition coefficient (Wildman–Crippen LogP) is 4.32. The van der Waals surface area contributed by atoms with Crippen molar-refractivity contribution in [3.8, 4) is 0 Å². The van der Waals surface area contributed by atoms with Gasteiger partial charge in [0.1, 0.15) is 0 Å². The number of benzene rings is 2. The Morgan fingerprint density at radius 1 is 0.800 bits per heavy atom. The molecule has 0 fully saturated rings. The van der Waals surface area contributed by atoms with E-state index in [-0.39, 0.29) is 0 Å². The van der Waals surface area contributed by atoms with Crippen molar-refractivity contribution in [3.05, 3.63) is 78.4 Å². The van der Waals surface area contributed by atoms with E-state index in [4.69, 9.17) is 0 Å². The largest absolute Gasteiger partial charge is 0.0985 e. The lowest BCUT2D eigenvalue weighted by molar-refractivity contribution is 1.45. The number of rotatable bonds is 1. The van der Waals surface area contributed by atoms with Crippen LogP contribution in [-0.4, -0.2) is 0 Å². The quantitative estimate of drug-likeness (QED) is 0.637. The van der Waals surface area contributed by atoms with Gasteiger partial charge in [-0.15, -0.1) is 0 Å². The Labute approximate surface area is 91.9 Å². The molecule has 0 nitrogen and oxygen atoms in total. The SMILES string of the molecule is C=Cc1ccccc1C.c1ccccc1. The van der Waals surface area contributed by atoms with Crippen molar-refractivity contribution >= 4 is 6.08 Å². The van der Waals surface area contributed by atoms with E-state index in [0.717, 1.165) is 0 Å². The molecule has 76 valence electrons. The fraction of sp³-hybridized carbons (Fsp3) is 0.0667. The number of hydrogen-bond donors (Lipinski definition) is 0. The molecule has 0 bridgehead atoms. The molecule has 0 heterocycles. The van der Waals surface area contributed by atoms with Crippen LogP contribution in [0.3, 0.4) is 0 Å². The lowest BCUT2D eigenvalue weighted by atomic mass is 10.1. The molecule has 0 saturated carbocycles. The highest BCUT2D eigenvalue weighted by Gasteiger charge is 1.86. The monoisotopic (exact) mass is 196 g/mol. The highest BCUT2D eigenvalue weighted by Crippen LogP contribution is 2.06. The van der Waals surface area contributed by atoms with Gasteiger partial charge < -0.3 is 0 Å². The van der Waals surface area contributed by atoms with Gasteiger partial charge in [-0.3, -0.25) is 0 Å². The third-order valence-corrected chi connectivity index (χ3v) is 2.08. The Bertz CT molecular complexity index is 361. The van der Waals surface area contributed by atoms with Crippen molar-refractivity contribution in [1.29, 1.82) is 0 Å². The molecule has 0 radical (unpaired) electrons. The molecule has 0 heteroatoms. The van der Waals surface area contributed by atoms with E-state index in [1.165, 1.54) is 11.1 Å². The average Bonchev–Trinajstić information content (AvgIpc) is 2.33. The Kier molecular flexibility index (Phi) is 4.96. The summed E-state index contributed by atoms with van der Waals surface area (Å²) >= 11 is 0. The predicted molar refractivity (Wildman–Crippen MR) is 67.7 cm³/mol. The van der Waals surface area contributed by atoms with Gasteiger partial charge >= 0.3 is 0 Å². The molecule has 0 spiro atoms. The molecule has 0 aliphatic rings. The number of aryl methyl sites for hydroxylation is 1. The highest BCUT2D eigenvalue weighted by molar-refractivity contribution is 5.50. The third-order valence-electron chi connectivity index (χ3n) is 2.08. The first kappa shape index (κ1) is 11.3. The van der Waals surface area contributed by atoms with E-state index < -0.39 is 0 Å². The Balaban J connectivity index is 0.000000162. The Hall–Kier alpha value is -1.82. The molecular formula is C15H16. The Morgan fingerprint density at radius 3 is 1.60 bits per heavy atom. The minimum absolute atomic E-state index is 1.22. The minimum atomic E-state index is 1.22. The van der Waals surface area contributed by atoms with Gasteiger partial charge in [-0.1, -0.05) is 73.3 Å². The van der Waals surface area contributed by atoms with Gasteiger partial charge in [-0.05, 0) is 18.1 Å². The first-order valence-electron chi connectivity index (χ1n) is 5.02. The average molecular weight is 196 g/mol. The maximum absolute atomic E-state index is 3.69. The van der Waals surface area contributed by atoms with Crippen molar-refractivity contribution < 1.29 is 0 Å². The van der Waals surface area contributed by atoms with Crippen molar-refractivity contribution in [2.75, 3.05) is 0 Å². The fourth-order valence-electron chi connectivity index (χ4n) is 1.20. The van der Waals surface area contributed by atoms with E-state index in [9.17, 15) is 0 Å². The molecule has 0 aliphatic heterocycles. The standard InChI is InChI=1S/C9H10.C6H6/c1-3-9-7-5-4-6-8(9)2;1-2-4-6-5-3-1/h3-7H,1H2,2H3;1-6H. The molecule has 0 unspecified atom stereocenters. The topological polar surface area (TPSA) is 0 Å². The summed E-state index contributed by atoms with van der Waals surface area (Å²) in [4.78, 5) is 0. The zero-order chi connectivity index (χ0) is 10.9. The highest BCUT2D eigenvalue weighted by atomic mass is 13.9. The molecule has 2 aromatic rings.